The van der Waals surface area contributed by atoms with Crippen LogP contribution in [0.3, 0.4) is 0 Å². The number of methoxy groups -OCH3 is 1. The van der Waals surface area contributed by atoms with Gasteiger partial charge in [-0.05, 0) is 28.3 Å². The minimum Gasteiger partial charge on any atom is -0.468 e. The van der Waals surface area contributed by atoms with Crippen LogP contribution in [0.1, 0.15) is 23.5 Å². The number of benzene rings is 3. The van der Waals surface area contributed by atoms with Crippen molar-refractivity contribution in [3.8, 4) is 0 Å². The lowest BCUT2D eigenvalue weighted by Gasteiger charge is -2.16. The summed E-state index contributed by atoms with van der Waals surface area (Å²) in [6.45, 7) is 0. The lowest BCUT2D eigenvalue weighted by Crippen LogP contribution is -2.24. The maximum atomic E-state index is 12.5. The number of carbonyl (C=O) groups excluding carboxylic acids is 1. The van der Waals surface area contributed by atoms with E-state index in [1.54, 1.807) is 0 Å². The smallest absolute Gasteiger partial charge is 0.316 e. The van der Waals surface area contributed by atoms with Crippen LogP contribution in [0.15, 0.2) is 72.8 Å². The van der Waals surface area contributed by atoms with Crippen molar-refractivity contribution in [3.63, 3.8) is 0 Å². The highest BCUT2D eigenvalue weighted by Gasteiger charge is 2.62. The Labute approximate surface area is 135 Å². The third-order valence-corrected chi connectivity index (χ3v) is 4.98. The van der Waals surface area contributed by atoms with E-state index in [1.807, 2.05) is 42.5 Å². The first-order chi connectivity index (χ1) is 11.3. The highest BCUT2D eigenvalue weighted by molar-refractivity contribution is 5.90. The predicted molar refractivity (Wildman–Crippen MR) is 91.4 cm³/mol. The third-order valence-electron chi connectivity index (χ3n) is 4.98. The van der Waals surface area contributed by atoms with Crippen LogP contribution in [0.2, 0.25) is 0 Å². The molecule has 2 atom stereocenters. The molecule has 3 aromatic carbocycles. The van der Waals surface area contributed by atoms with Crippen LogP contribution in [-0.4, -0.2) is 13.1 Å². The van der Waals surface area contributed by atoms with Crippen molar-refractivity contribution in [3.05, 3.63) is 83.9 Å². The van der Waals surface area contributed by atoms with E-state index in [9.17, 15) is 4.79 Å². The Kier molecular flexibility index (Phi) is 3.19. The van der Waals surface area contributed by atoms with Gasteiger partial charge in [0.15, 0.2) is 0 Å². The van der Waals surface area contributed by atoms with Gasteiger partial charge in [-0.15, -0.1) is 0 Å². The van der Waals surface area contributed by atoms with Gasteiger partial charge in [-0.25, -0.2) is 0 Å². The minimum atomic E-state index is -0.529. The van der Waals surface area contributed by atoms with E-state index >= 15 is 0 Å². The van der Waals surface area contributed by atoms with Crippen molar-refractivity contribution in [2.45, 2.75) is 17.8 Å². The normalized spacial score (nSPS) is 22.7. The molecule has 4 rings (SSSR count). The molecule has 23 heavy (non-hydrogen) atoms. The van der Waals surface area contributed by atoms with Gasteiger partial charge in [0.05, 0.1) is 7.11 Å². The molecule has 1 aliphatic rings. The molecule has 0 heterocycles. The summed E-state index contributed by atoms with van der Waals surface area (Å²) >= 11 is 0. The van der Waals surface area contributed by atoms with E-state index in [0.717, 1.165) is 12.0 Å². The molecule has 2 heteroatoms. The first kappa shape index (κ1) is 14.0. The molecule has 3 aromatic rings. The molecule has 0 aliphatic heterocycles. The fourth-order valence-electron chi connectivity index (χ4n) is 3.67. The molecular formula is C21H18O2. The zero-order valence-electron chi connectivity index (χ0n) is 13.0. The van der Waals surface area contributed by atoms with Gasteiger partial charge in [0.25, 0.3) is 0 Å². The summed E-state index contributed by atoms with van der Waals surface area (Å²) in [5.41, 5.74) is 1.72. The number of carbonyl (C=O) groups is 1. The second kappa shape index (κ2) is 5.24. The van der Waals surface area contributed by atoms with Gasteiger partial charge in [-0.1, -0.05) is 72.8 Å². The molecule has 0 radical (unpaired) electrons. The van der Waals surface area contributed by atoms with Crippen LogP contribution in [0.25, 0.3) is 10.8 Å². The van der Waals surface area contributed by atoms with Crippen molar-refractivity contribution in [2.24, 2.45) is 0 Å². The van der Waals surface area contributed by atoms with Crippen molar-refractivity contribution >= 4 is 16.7 Å². The standard InChI is InChI=1S/C21H18O2/c1-23-20(22)21(18-9-3-2-4-10-18)14-19(21)17-12-11-15-7-5-6-8-16(15)13-17/h2-13,19H,14H2,1H3. The third kappa shape index (κ3) is 2.14. The Hall–Kier alpha value is -2.61. The molecule has 0 aromatic heterocycles. The summed E-state index contributed by atoms with van der Waals surface area (Å²) in [5.74, 6) is 0.0452. The number of hydrogen-bond donors (Lipinski definition) is 0. The first-order valence-electron chi connectivity index (χ1n) is 7.88. The van der Waals surface area contributed by atoms with Crippen molar-refractivity contribution in [1.82, 2.24) is 0 Å². The predicted octanol–water partition coefficient (Wildman–Crippen LogP) is 4.44. The van der Waals surface area contributed by atoms with E-state index < -0.39 is 5.41 Å². The molecule has 2 nitrogen and oxygen atoms in total. The van der Waals surface area contributed by atoms with Gasteiger partial charge in [0, 0.05) is 5.92 Å². The molecule has 2 unspecified atom stereocenters. The highest BCUT2D eigenvalue weighted by atomic mass is 16.5. The molecule has 0 bridgehead atoms. The SMILES string of the molecule is COC(=O)C1(c2ccccc2)CC1c1ccc2ccccc2c1. The Morgan fingerprint density at radius 3 is 2.39 bits per heavy atom. The van der Waals surface area contributed by atoms with Gasteiger partial charge in [0.1, 0.15) is 5.41 Å². The minimum absolute atomic E-state index is 0.137. The monoisotopic (exact) mass is 302 g/mol. The van der Waals surface area contributed by atoms with E-state index in [1.165, 1.54) is 23.4 Å². The van der Waals surface area contributed by atoms with Gasteiger partial charge in [-0.2, -0.15) is 0 Å². The number of ether oxygens (including phenoxy) is 1. The maximum Gasteiger partial charge on any atom is 0.316 e. The lowest BCUT2D eigenvalue weighted by molar-refractivity contribution is -0.143. The van der Waals surface area contributed by atoms with Crippen molar-refractivity contribution in [2.75, 3.05) is 7.11 Å². The second-order valence-corrected chi connectivity index (χ2v) is 6.19. The summed E-state index contributed by atoms with van der Waals surface area (Å²) < 4.78 is 5.13. The van der Waals surface area contributed by atoms with Gasteiger partial charge >= 0.3 is 5.97 Å². The van der Waals surface area contributed by atoms with E-state index in [2.05, 4.69) is 30.3 Å². The summed E-state index contributed by atoms with van der Waals surface area (Å²) in [5, 5.41) is 2.43. The first-order valence-corrected chi connectivity index (χ1v) is 7.88. The van der Waals surface area contributed by atoms with E-state index in [4.69, 9.17) is 4.74 Å². The summed E-state index contributed by atoms with van der Waals surface area (Å²) in [4.78, 5) is 12.5. The van der Waals surface area contributed by atoms with E-state index in [-0.39, 0.29) is 11.9 Å². The van der Waals surface area contributed by atoms with Gasteiger partial charge in [-0.3, -0.25) is 4.79 Å². The molecule has 114 valence electrons. The van der Waals surface area contributed by atoms with Crippen LogP contribution in [0.5, 0.6) is 0 Å². The lowest BCUT2D eigenvalue weighted by atomic mass is 9.90. The Bertz CT molecular complexity index is 869. The molecule has 0 spiro atoms. The molecule has 0 saturated heterocycles. The molecule has 0 N–H and O–H groups in total. The molecular weight excluding hydrogens is 284 g/mol. The number of rotatable bonds is 3. The maximum absolute atomic E-state index is 12.5. The number of esters is 1. The summed E-state index contributed by atoms with van der Waals surface area (Å²) in [7, 11) is 1.47. The van der Waals surface area contributed by atoms with Gasteiger partial charge < -0.3 is 4.74 Å². The van der Waals surface area contributed by atoms with Crippen LogP contribution in [-0.2, 0) is 14.9 Å². The fourth-order valence-corrected chi connectivity index (χ4v) is 3.67. The van der Waals surface area contributed by atoms with Crippen LogP contribution in [0.4, 0.5) is 0 Å². The highest BCUT2D eigenvalue weighted by Crippen LogP contribution is 2.61. The second-order valence-electron chi connectivity index (χ2n) is 6.19. The topological polar surface area (TPSA) is 26.3 Å². The van der Waals surface area contributed by atoms with Crippen LogP contribution < -0.4 is 0 Å². The Morgan fingerprint density at radius 2 is 1.65 bits per heavy atom. The summed E-state index contributed by atoms with van der Waals surface area (Å²) in [6, 6.07) is 24.8. The molecule has 1 aliphatic carbocycles. The van der Waals surface area contributed by atoms with E-state index in [0.29, 0.717) is 0 Å². The Balaban J connectivity index is 1.78. The average molecular weight is 302 g/mol. The number of fused-ring (bicyclic) bond motifs is 1. The molecule has 1 fully saturated rings. The Morgan fingerprint density at radius 1 is 0.957 bits per heavy atom. The quantitative estimate of drug-likeness (QED) is 0.669. The molecule has 1 saturated carbocycles. The molecule has 0 amide bonds. The van der Waals surface area contributed by atoms with Crippen LogP contribution in [0, 0.1) is 0 Å². The zero-order chi connectivity index (χ0) is 15.9. The fraction of sp³-hybridized carbons (Fsp3) is 0.190. The van der Waals surface area contributed by atoms with Gasteiger partial charge in [0.2, 0.25) is 0 Å². The largest absolute Gasteiger partial charge is 0.468 e. The summed E-state index contributed by atoms with van der Waals surface area (Å²) in [6.07, 6.45) is 0.808. The van der Waals surface area contributed by atoms with Crippen LogP contribution >= 0.6 is 0 Å². The van der Waals surface area contributed by atoms with Crippen molar-refractivity contribution < 1.29 is 9.53 Å². The zero-order valence-corrected chi connectivity index (χ0v) is 13.0. The van der Waals surface area contributed by atoms with Crippen molar-refractivity contribution in [1.29, 1.82) is 0 Å². The number of hydrogen-bond acceptors (Lipinski definition) is 2. The average Bonchev–Trinajstić information content (AvgIpc) is 3.38.